The van der Waals surface area contributed by atoms with E-state index in [2.05, 4.69) is 20.3 Å². The van der Waals surface area contributed by atoms with Crippen LogP contribution in [0.25, 0.3) is 10.9 Å². The Morgan fingerprint density at radius 2 is 2.00 bits per heavy atom. The number of para-hydroxylation sites is 1. The third-order valence-electron chi connectivity index (χ3n) is 6.35. The lowest BCUT2D eigenvalue weighted by Crippen LogP contribution is -2.26. The largest absolute Gasteiger partial charge is 0.493 e. The predicted octanol–water partition coefficient (Wildman–Crippen LogP) is 4.64. The number of benzene rings is 1. The summed E-state index contributed by atoms with van der Waals surface area (Å²) in [6.07, 6.45) is -2.14. The van der Waals surface area contributed by atoms with E-state index in [4.69, 9.17) is 4.74 Å². The van der Waals surface area contributed by atoms with Gasteiger partial charge in [-0.25, -0.2) is 23.4 Å². The highest BCUT2D eigenvalue weighted by molar-refractivity contribution is 7.93. The summed E-state index contributed by atoms with van der Waals surface area (Å²) < 4.78 is 73.0. The highest BCUT2D eigenvalue weighted by Gasteiger charge is 2.36. The molecule has 1 fully saturated rings. The highest BCUT2D eigenvalue weighted by atomic mass is 32.2. The van der Waals surface area contributed by atoms with Crippen molar-refractivity contribution >= 4 is 32.6 Å². The van der Waals surface area contributed by atoms with Gasteiger partial charge < -0.3 is 10.1 Å². The number of sulfonamides is 1. The lowest BCUT2D eigenvalue weighted by atomic mass is 10.0. The molecule has 2 bridgehead atoms. The van der Waals surface area contributed by atoms with Gasteiger partial charge in [0.2, 0.25) is 10.0 Å². The molecule has 0 amide bonds. The minimum Gasteiger partial charge on any atom is -0.493 e. The maximum absolute atomic E-state index is 13.7. The second-order valence-corrected chi connectivity index (χ2v) is 10.9. The average molecular weight is 508 g/mol. The molecule has 8 nitrogen and oxygen atoms in total. The Hall–Kier alpha value is -3.15. The molecule has 1 aromatic carbocycles. The fourth-order valence-corrected chi connectivity index (χ4v) is 5.94. The minimum atomic E-state index is -4.57. The van der Waals surface area contributed by atoms with Gasteiger partial charge in [-0.3, -0.25) is 4.31 Å². The van der Waals surface area contributed by atoms with Crippen molar-refractivity contribution in [1.82, 2.24) is 15.0 Å². The Balaban J connectivity index is 1.65. The molecule has 2 aliphatic rings. The van der Waals surface area contributed by atoms with E-state index in [1.807, 2.05) is 6.92 Å². The summed E-state index contributed by atoms with van der Waals surface area (Å²) in [4.78, 5) is 13.6. The third kappa shape index (κ3) is 4.35. The van der Waals surface area contributed by atoms with Gasteiger partial charge in [0.15, 0.2) is 0 Å². The number of hydrogen-bond donors (Lipinski definition) is 1. The van der Waals surface area contributed by atoms with Crippen LogP contribution in [0.15, 0.2) is 30.5 Å². The Bertz CT molecular complexity index is 1400. The number of halogens is 3. The standard InChI is InChI=1S/C23H24F3N5O3S/c1-13-7-9-34-20-15(5-3-6-17(20)23(24,25)26)14(2)28-22-16-11-19(31-8-4-10-35(31,32)33)27-12-18(16)29-21(13)30-22/h3,5-6,11-14H,4,7-10H2,1-2H3,(H,28,29,30)/t13-,14-/m1/s1. The van der Waals surface area contributed by atoms with E-state index in [9.17, 15) is 21.6 Å². The molecule has 1 N–H and O–H groups in total. The van der Waals surface area contributed by atoms with Crippen molar-refractivity contribution in [3.05, 3.63) is 47.4 Å². The third-order valence-corrected chi connectivity index (χ3v) is 8.19. The molecule has 4 heterocycles. The molecule has 2 atom stereocenters. The molecule has 0 unspecified atom stereocenters. The monoisotopic (exact) mass is 507 g/mol. The summed E-state index contributed by atoms with van der Waals surface area (Å²) in [6.45, 7) is 4.00. The van der Waals surface area contributed by atoms with E-state index in [1.54, 1.807) is 19.1 Å². The topological polar surface area (TPSA) is 97.3 Å². The summed E-state index contributed by atoms with van der Waals surface area (Å²) in [5, 5.41) is 3.76. The SMILES string of the molecule is C[C@@H]1CCOc2c(cccc2C(F)(F)F)[C@@H](C)Nc2nc1nc1cnc(N3CCCS3(=O)=O)cc21. The van der Waals surface area contributed by atoms with Crippen molar-refractivity contribution in [2.24, 2.45) is 0 Å². The number of fused-ring (bicyclic) bond motifs is 5. The Kier molecular flexibility index (Phi) is 5.73. The fraction of sp³-hybridized carbons (Fsp3) is 0.435. The summed E-state index contributed by atoms with van der Waals surface area (Å²) >= 11 is 0. The van der Waals surface area contributed by atoms with Crippen LogP contribution in [-0.4, -0.2) is 42.3 Å². The van der Waals surface area contributed by atoms with E-state index in [-0.39, 0.29) is 29.8 Å². The van der Waals surface area contributed by atoms with Crippen LogP contribution in [0.4, 0.5) is 24.8 Å². The van der Waals surface area contributed by atoms with E-state index in [0.717, 1.165) is 6.07 Å². The summed E-state index contributed by atoms with van der Waals surface area (Å²) in [5.41, 5.74) is 0.0318. The number of anilines is 2. The zero-order valence-electron chi connectivity index (χ0n) is 19.1. The first-order chi connectivity index (χ1) is 16.5. The molecular formula is C23H24F3N5O3S. The molecule has 2 aliphatic heterocycles. The average Bonchev–Trinajstić information content (AvgIpc) is 3.15. The van der Waals surface area contributed by atoms with Crippen LogP contribution in [0.1, 0.15) is 55.6 Å². The second kappa shape index (κ2) is 8.51. The number of hydrogen-bond acceptors (Lipinski definition) is 7. The highest BCUT2D eigenvalue weighted by Crippen LogP contribution is 2.42. The molecule has 0 saturated carbocycles. The second-order valence-electron chi connectivity index (χ2n) is 8.86. The van der Waals surface area contributed by atoms with Crippen molar-refractivity contribution in [2.75, 3.05) is 28.5 Å². The van der Waals surface area contributed by atoms with Gasteiger partial charge in [-0.15, -0.1) is 0 Å². The number of nitrogens with one attached hydrogen (secondary N) is 1. The number of alkyl halides is 3. The molecular weight excluding hydrogens is 483 g/mol. The first-order valence-corrected chi connectivity index (χ1v) is 12.9. The lowest BCUT2D eigenvalue weighted by molar-refractivity contribution is -0.139. The smallest absolute Gasteiger partial charge is 0.419 e. The van der Waals surface area contributed by atoms with E-state index < -0.39 is 27.8 Å². The number of pyridine rings is 1. The number of aromatic nitrogens is 3. The predicted molar refractivity (Wildman–Crippen MR) is 125 cm³/mol. The van der Waals surface area contributed by atoms with Crippen LogP contribution in [0.2, 0.25) is 0 Å². The Labute approximate surface area is 200 Å². The van der Waals surface area contributed by atoms with Gasteiger partial charge in [0.1, 0.15) is 23.2 Å². The normalized spacial score (nSPS) is 22.1. The molecule has 12 heteroatoms. The Morgan fingerprint density at radius 3 is 2.71 bits per heavy atom. The van der Waals surface area contributed by atoms with Gasteiger partial charge in [-0.1, -0.05) is 19.1 Å². The van der Waals surface area contributed by atoms with E-state index in [1.165, 1.54) is 16.6 Å². The van der Waals surface area contributed by atoms with Crippen LogP contribution >= 0.6 is 0 Å². The fourth-order valence-electron chi connectivity index (χ4n) is 4.43. The molecule has 1 saturated heterocycles. The van der Waals surface area contributed by atoms with Gasteiger partial charge in [0, 0.05) is 23.4 Å². The molecule has 5 rings (SSSR count). The van der Waals surface area contributed by atoms with Gasteiger partial charge in [0.25, 0.3) is 0 Å². The molecule has 0 radical (unpaired) electrons. The van der Waals surface area contributed by atoms with Gasteiger partial charge in [-0.05, 0) is 31.9 Å². The van der Waals surface area contributed by atoms with E-state index >= 15 is 0 Å². The number of rotatable bonds is 1. The first-order valence-electron chi connectivity index (χ1n) is 11.3. The molecule has 2 aromatic heterocycles. The van der Waals surface area contributed by atoms with Crippen LogP contribution < -0.4 is 14.4 Å². The van der Waals surface area contributed by atoms with Crippen LogP contribution in [0.3, 0.4) is 0 Å². The van der Waals surface area contributed by atoms with Crippen LogP contribution in [0.5, 0.6) is 5.75 Å². The Morgan fingerprint density at radius 1 is 1.20 bits per heavy atom. The summed E-state index contributed by atoms with van der Waals surface area (Å²) in [5.74, 6) is 0.817. The van der Waals surface area contributed by atoms with Gasteiger partial charge >= 0.3 is 6.18 Å². The van der Waals surface area contributed by atoms with Crippen molar-refractivity contribution in [2.45, 2.75) is 44.8 Å². The maximum Gasteiger partial charge on any atom is 0.419 e. The zero-order chi connectivity index (χ0) is 25.0. The molecule has 0 aliphatic carbocycles. The van der Waals surface area contributed by atoms with Crippen molar-refractivity contribution < 1.29 is 26.3 Å². The summed E-state index contributed by atoms with van der Waals surface area (Å²) in [7, 11) is -3.44. The van der Waals surface area contributed by atoms with Crippen molar-refractivity contribution in [1.29, 1.82) is 0 Å². The molecule has 35 heavy (non-hydrogen) atoms. The van der Waals surface area contributed by atoms with E-state index in [0.29, 0.717) is 47.5 Å². The summed E-state index contributed by atoms with van der Waals surface area (Å²) in [6, 6.07) is 4.98. The minimum absolute atomic E-state index is 0.0557. The zero-order valence-corrected chi connectivity index (χ0v) is 19.9. The van der Waals surface area contributed by atoms with Crippen molar-refractivity contribution in [3.63, 3.8) is 0 Å². The molecule has 0 spiro atoms. The molecule has 186 valence electrons. The number of ether oxygens (including phenoxy) is 1. The van der Waals surface area contributed by atoms with Gasteiger partial charge in [0.05, 0.1) is 35.7 Å². The molecule has 3 aromatic rings. The first kappa shape index (κ1) is 23.6. The van der Waals surface area contributed by atoms with Crippen LogP contribution in [-0.2, 0) is 16.2 Å². The quantitative estimate of drug-likeness (QED) is 0.512. The van der Waals surface area contributed by atoms with Crippen molar-refractivity contribution in [3.8, 4) is 5.75 Å². The van der Waals surface area contributed by atoms with Gasteiger partial charge in [-0.2, -0.15) is 13.2 Å². The maximum atomic E-state index is 13.7. The number of nitrogens with zero attached hydrogens (tertiary/aromatic N) is 4. The van der Waals surface area contributed by atoms with Crippen LogP contribution in [0, 0.1) is 0 Å². The lowest BCUT2D eigenvalue weighted by Gasteiger charge is -2.22.